The summed E-state index contributed by atoms with van der Waals surface area (Å²) in [6, 6.07) is 10.3. The van der Waals surface area contributed by atoms with Gasteiger partial charge in [-0.2, -0.15) is 5.26 Å². The molecule has 0 unspecified atom stereocenters. The molecule has 2 rings (SSSR count). The summed E-state index contributed by atoms with van der Waals surface area (Å²) < 4.78 is 4.65. The topological polar surface area (TPSA) is 101 Å². The van der Waals surface area contributed by atoms with Gasteiger partial charge in [-0.1, -0.05) is 6.07 Å². The fraction of sp³-hybridized carbons (Fsp3) is 0.0714. The fourth-order valence-corrected chi connectivity index (χ4v) is 1.64. The lowest BCUT2D eigenvalue weighted by molar-refractivity contribution is 0.0601. The van der Waals surface area contributed by atoms with Crippen LogP contribution in [0.25, 0.3) is 0 Å². The van der Waals surface area contributed by atoms with Crippen molar-refractivity contribution in [2.45, 2.75) is 0 Å². The van der Waals surface area contributed by atoms with Gasteiger partial charge in [-0.15, -0.1) is 0 Å². The van der Waals surface area contributed by atoms with E-state index in [1.807, 2.05) is 6.07 Å². The first-order valence-electron chi connectivity index (χ1n) is 5.75. The molecule has 0 aliphatic carbocycles. The normalized spacial score (nSPS) is 9.60. The second kappa shape index (κ2) is 5.71. The first-order chi connectivity index (χ1) is 9.63. The van der Waals surface area contributed by atoms with Gasteiger partial charge in [0.1, 0.15) is 11.9 Å². The molecule has 0 aliphatic heterocycles. The lowest BCUT2D eigenvalue weighted by atomic mass is 10.2. The maximum atomic E-state index is 11.5. The summed E-state index contributed by atoms with van der Waals surface area (Å²) in [4.78, 5) is 15.5. The standard InChI is InChI=1S/C14H12N4O2/c1-20-14(19)9-3-2-4-12(6-9)18-13-10(7-15)5-11(16)8-17-13/h2-6,8H,16H2,1H3,(H,17,18). The number of nitrogen functional groups attached to an aromatic ring is 1. The third kappa shape index (κ3) is 2.84. The average molecular weight is 268 g/mol. The molecule has 0 saturated carbocycles. The number of nitrogens with two attached hydrogens (primary N) is 1. The number of carbonyl (C=O) groups excluding carboxylic acids is 1. The van der Waals surface area contributed by atoms with Gasteiger partial charge in [-0.05, 0) is 24.3 Å². The maximum Gasteiger partial charge on any atom is 0.337 e. The number of hydrogen-bond donors (Lipinski definition) is 2. The first kappa shape index (κ1) is 13.4. The summed E-state index contributed by atoms with van der Waals surface area (Å²) >= 11 is 0. The quantitative estimate of drug-likeness (QED) is 0.826. The number of esters is 1. The molecule has 0 radical (unpaired) electrons. The summed E-state index contributed by atoms with van der Waals surface area (Å²) in [6.45, 7) is 0. The third-order valence-corrected chi connectivity index (χ3v) is 2.58. The number of pyridine rings is 1. The van der Waals surface area contributed by atoms with E-state index in [2.05, 4.69) is 15.0 Å². The molecule has 1 aromatic carbocycles. The van der Waals surface area contributed by atoms with E-state index >= 15 is 0 Å². The zero-order chi connectivity index (χ0) is 14.5. The zero-order valence-electron chi connectivity index (χ0n) is 10.8. The minimum Gasteiger partial charge on any atom is -0.465 e. The van der Waals surface area contributed by atoms with Crippen molar-refractivity contribution in [2.75, 3.05) is 18.2 Å². The molecule has 0 amide bonds. The van der Waals surface area contributed by atoms with Crippen molar-refractivity contribution >= 4 is 23.2 Å². The lowest BCUT2D eigenvalue weighted by Crippen LogP contribution is -2.03. The predicted octanol–water partition coefficient (Wildman–Crippen LogP) is 2.07. The van der Waals surface area contributed by atoms with E-state index < -0.39 is 5.97 Å². The summed E-state index contributed by atoms with van der Waals surface area (Å²) in [6.07, 6.45) is 1.45. The molecule has 0 spiro atoms. The Morgan fingerprint density at radius 1 is 1.45 bits per heavy atom. The summed E-state index contributed by atoms with van der Waals surface area (Å²) in [5, 5.41) is 12.0. The molecule has 1 aromatic heterocycles. The Balaban J connectivity index is 2.31. The number of benzene rings is 1. The molecule has 0 fully saturated rings. The van der Waals surface area contributed by atoms with Gasteiger partial charge in [0.15, 0.2) is 0 Å². The van der Waals surface area contributed by atoms with Crippen LogP contribution in [0.3, 0.4) is 0 Å². The molecule has 2 aromatic rings. The Hall–Kier alpha value is -3.07. The van der Waals surface area contributed by atoms with Gasteiger partial charge in [0.2, 0.25) is 0 Å². The van der Waals surface area contributed by atoms with E-state index in [4.69, 9.17) is 11.0 Å². The van der Waals surface area contributed by atoms with Crippen molar-refractivity contribution in [3.05, 3.63) is 47.7 Å². The van der Waals surface area contributed by atoms with Crippen molar-refractivity contribution in [3.63, 3.8) is 0 Å². The number of nitrogens with one attached hydrogen (secondary N) is 1. The number of hydrogen-bond acceptors (Lipinski definition) is 6. The third-order valence-electron chi connectivity index (χ3n) is 2.58. The summed E-state index contributed by atoms with van der Waals surface area (Å²) in [5.74, 6) is -0.0527. The van der Waals surface area contributed by atoms with E-state index in [0.717, 1.165) is 0 Å². The molecule has 100 valence electrons. The molecule has 1 heterocycles. The minimum atomic E-state index is -0.431. The lowest BCUT2D eigenvalue weighted by Gasteiger charge is -2.08. The van der Waals surface area contributed by atoms with Gasteiger partial charge in [0.25, 0.3) is 0 Å². The predicted molar refractivity (Wildman–Crippen MR) is 74.4 cm³/mol. The molecule has 0 aliphatic rings. The summed E-state index contributed by atoms with van der Waals surface area (Å²) in [7, 11) is 1.32. The van der Waals surface area contributed by atoms with Gasteiger partial charge in [0, 0.05) is 5.69 Å². The van der Waals surface area contributed by atoms with Crippen LogP contribution in [0.2, 0.25) is 0 Å². The zero-order valence-corrected chi connectivity index (χ0v) is 10.8. The SMILES string of the molecule is COC(=O)c1cccc(Nc2ncc(N)cc2C#N)c1. The molecule has 6 heteroatoms. The molecule has 6 nitrogen and oxygen atoms in total. The Morgan fingerprint density at radius 2 is 2.25 bits per heavy atom. The first-order valence-corrected chi connectivity index (χ1v) is 5.75. The smallest absolute Gasteiger partial charge is 0.337 e. The molecular formula is C14H12N4O2. The Labute approximate surface area is 115 Å². The Bertz CT molecular complexity index is 692. The number of rotatable bonds is 3. The van der Waals surface area contributed by atoms with Crippen molar-refractivity contribution in [2.24, 2.45) is 0 Å². The second-order valence-corrected chi connectivity index (χ2v) is 3.97. The number of ether oxygens (including phenoxy) is 1. The number of methoxy groups -OCH3 is 1. The van der Waals surface area contributed by atoms with Gasteiger partial charge < -0.3 is 15.8 Å². The maximum absolute atomic E-state index is 11.5. The highest BCUT2D eigenvalue weighted by Gasteiger charge is 2.08. The number of nitriles is 1. The average Bonchev–Trinajstić information content (AvgIpc) is 2.48. The monoisotopic (exact) mass is 268 g/mol. The van der Waals surface area contributed by atoms with Crippen LogP contribution in [0.1, 0.15) is 15.9 Å². The highest BCUT2D eigenvalue weighted by atomic mass is 16.5. The van der Waals surface area contributed by atoms with Crippen LogP contribution in [0.5, 0.6) is 0 Å². The van der Waals surface area contributed by atoms with Crippen LogP contribution in [0.15, 0.2) is 36.5 Å². The van der Waals surface area contributed by atoms with E-state index in [-0.39, 0.29) is 0 Å². The Kier molecular flexibility index (Phi) is 3.82. The van der Waals surface area contributed by atoms with Crippen molar-refractivity contribution in [1.82, 2.24) is 4.98 Å². The van der Waals surface area contributed by atoms with E-state index in [1.165, 1.54) is 19.4 Å². The number of nitrogens with zero attached hydrogens (tertiary/aromatic N) is 2. The molecule has 20 heavy (non-hydrogen) atoms. The van der Waals surface area contributed by atoms with Crippen LogP contribution in [0, 0.1) is 11.3 Å². The Morgan fingerprint density at radius 3 is 2.95 bits per heavy atom. The van der Waals surface area contributed by atoms with E-state index in [0.29, 0.717) is 28.3 Å². The van der Waals surface area contributed by atoms with Gasteiger partial charge in [-0.3, -0.25) is 0 Å². The fourth-order valence-electron chi connectivity index (χ4n) is 1.64. The number of anilines is 3. The number of aromatic nitrogens is 1. The minimum absolute atomic E-state index is 0.327. The molecule has 0 atom stereocenters. The van der Waals surface area contributed by atoms with Crippen molar-refractivity contribution in [3.8, 4) is 6.07 Å². The highest BCUT2D eigenvalue weighted by Crippen LogP contribution is 2.20. The second-order valence-electron chi connectivity index (χ2n) is 3.97. The number of carbonyl (C=O) groups is 1. The van der Waals surface area contributed by atoms with Crippen LogP contribution in [0.4, 0.5) is 17.2 Å². The van der Waals surface area contributed by atoms with Crippen LogP contribution in [-0.4, -0.2) is 18.1 Å². The molecular weight excluding hydrogens is 256 g/mol. The largest absolute Gasteiger partial charge is 0.465 e. The molecule has 0 bridgehead atoms. The van der Waals surface area contributed by atoms with Crippen LogP contribution in [-0.2, 0) is 4.74 Å². The van der Waals surface area contributed by atoms with Gasteiger partial charge >= 0.3 is 5.97 Å². The highest BCUT2D eigenvalue weighted by molar-refractivity contribution is 5.90. The van der Waals surface area contributed by atoms with Crippen molar-refractivity contribution in [1.29, 1.82) is 5.26 Å². The van der Waals surface area contributed by atoms with Crippen molar-refractivity contribution < 1.29 is 9.53 Å². The summed E-state index contributed by atoms with van der Waals surface area (Å²) in [5.41, 5.74) is 7.35. The van der Waals surface area contributed by atoms with Crippen LogP contribution < -0.4 is 11.1 Å². The molecule has 3 N–H and O–H groups in total. The van der Waals surface area contributed by atoms with E-state index in [1.54, 1.807) is 24.3 Å². The van der Waals surface area contributed by atoms with Crippen LogP contribution >= 0.6 is 0 Å². The van der Waals surface area contributed by atoms with Gasteiger partial charge in [-0.25, -0.2) is 9.78 Å². The van der Waals surface area contributed by atoms with E-state index in [9.17, 15) is 4.79 Å². The molecule has 0 saturated heterocycles. The van der Waals surface area contributed by atoms with Gasteiger partial charge in [0.05, 0.1) is 30.1 Å².